The van der Waals surface area contributed by atoms with Gasteiger partial charge in [0.05, 0.1) is 0 Å². The Labute approximate surface area is 100 Å². The SMILES string of the molecule is CCc1cc(NCc2ccc(O)cc2)ncn1. The molecule has 2 N–H and O–H groups in total. The standard InChI is InChI=1S/C13H15N3O/c1-2-11-7-13(16-9-15-11)14-8-10-3-5-12(17)6-4-10/h3-7,9,17H,2,8H2,1H3,(H,14,15,16). The van der Waals surface area contributed by atoms with E-state index < -0.39 is 0 Å². The zero-order chi connectivity index (χ0) is 12.1. The van der Waals surface area contributed by atoms with Gasteiger partial charge < -0.3 is 10.4 Å². The summed E-state index contributed by atoms with van der Waals surface area (Å²) in [6.07, 6.45) is 2.47. The van der Waals surface area contributed by atoms with Crippen molar-refractivity contribution in [2.75, 3.05) is 5.32 Å². The van der Waals surface area contributed by atoms with Crippen LogP contribution in [0.25, 0.3) is 0 Å². The summed E-state index contributed by atoms with van der Waals surface area (Å²) < 4.78 is 0. The molecule has 1 aromatic heterocycles. The molecule has 0 bridgehead atoms. The minimum atomic E-state index is 0.282. The monoisotopic (exact) mass is 229 g/mol. The lowest BCUT2D eigenvalue weighted by Crippen LogP contribution is -2.02. The minimum absolute atomic E-state index is 0.282. The Balaban J connectivity index is 1.99. The molecular formula is C13H15N3O. The number of hydrogen-bond donors (Lipinski definition) is 2. The Bertz CT molecular complexity index is 482. The van der Waals surface area contributed by atoms with Crippen molar-refractivity contribution in [2.24, 2.45) is 0 Å². The molecule has 1 heterocycles. The molecule has 0 atom stereocenters. The lowest BCUT2D eigenvalue weighted by atomic mass is 10.2. The van der Waals surface area contributed by atoms with Gasteiger partial charge in [-0.1, -0.05) is 19.1 Å². The minimum Gasteiger partial charge on any atom is -0.508 e. The van der Waals surface area contributed by atoms with Gasteiger partial charge in [-0.2, -0.15) is 0 Å². The molecule has 0 aliphatic heterocycles. The van der Waals surface area contributed by atoms with Gasteiger partial charge in [0.15, 0.2) is 0 Å². The summed E-state index contributed by atoms with van der Waals surface area (Å²) >= 11 is 0. The van der Waals surface area contributed by atoms with Gasteiger partial charge in [0, 0.05) is 18.3 Å². The van der Waals surface area contributed by atoms with Crippen molar-refractivity contribution in [3.63, 3.8) is 0 Å². The van der Waals surface area contributed by atoms with Crippen LogP contribution in [0.3, 0.4) is 0 Å². The third-order valence-corrected chi connectivity index (χ3v) is 2.50. The van der Waals surface area contributed by atoms with Crippen LogP contribution in [0, 0.1) is 0 Å². The summed E-state index contributed by atoms with van der Waals surface area (Å²) in [4.78, 5) is 8.29. The van der Waals surface area contributed by atoms with E-state index in [0.29, 0.717) is 6.54 Å². The first kappa shape index (κ1) is 11.4. The van der Waals surface area contributed by atoms with Gasteiger partial charge in [0.2, 0.25) is 0 Å². The quantitative estimate of drug-likeness (QED) is 0.845. The van der Waals surface area contributed by atoms with Crippen molar-refractivity contribution < 1.29 is 5.11 Å². The number of nitrogens with one attached hydrogen (secondary N) is 1. The van der Waals surface area contributed by atoms with Crippen LogP contribution in [0.2, 0.25) is 0 Å². The highest BCUT2D eigenvalue weighted by Crippen LogP contribution is 2.11. The highest BCUT2D eigenvalue weighted by molar-refractivity contribution is 5.36. The number of anilines is 1. The van der Waals surface area contributed by atoms with Gasteiger partial charge in [0.1, 0.15) is 17.9 Å². The maximum absolute atomic E-state index is 9.17. The van der Waals surface area contributed by atoms with E-state index in [1.54, 1.807) is 18.5 Å². The number of phenolic OH excluding ortho intramolecular Hbond substituents is 1. The second kappa shape index (κ2) is 5.30. The van der Waals surface area contributed by atoms with E-state index in [4.69, 9.17) is 5.11 Å². The van der Waals surface area contributed by atoms with Crippen molar-refractivity contribution in [2.45, 2.75) is 19.9 Å². The van der Waals surface area contributed by atoms with E-state index in [1.165, 1.54) is 0 Å². The lowest BCUT2D eigenvalue weighted by Gasteiger charge is -2.06. The second-order valence-corrected chi connectivity index (χ2v) is 3.77. The van der Waals surface area contributed by atoms with Gasteiger partial charge in [-0.15, -0.1) is 0 Å². The molecular weight excluding hydrogens is 214 g/mol. The van der Waals surface area contributed by atoms with Crippen LogP contribution in [0.4, 0.5) is 5.82 Å². The van der Waals surface area contributed by atoms with E-state index in [-0.39, 0.29) is 5.75 Å². The number of benzene rings is 1. The number of aromatic nitrogens is 2. The van der Waals surface area contributed by atoms with Gasteiger partial charge in [0.25, 0.3) is 0 Å². The molecule has 0 aliphatic rings. The summed E-state index contributed by atoms with van der Waals surface area (Å²) in [7, 11) is 0. The fraction of sp³-hybridized carbons (Fsp3) is 0.231. The van der Waals surface area contributed by atoms with Crippen LogP contribution < -0.4 is 5.32 Å². The van der Waals surface area contributed by atoms with Crippen LogP contribution in [-0.4, -0.2) is 15.1 Å². The Morgan fingerprint density at radius 1 is 1.18 bits per heavy atom. The summed E-state index contributed by atoms with van der Waals surface area (Å²) in [6.45, 7) is 2.74. The topological polar surface area (TPSA) is 58.0 Å². The van der Waals surface area contributed by atoms with Gasteiger partial charge in [-0.05, 0) is 24.1 Å². The van der Waals surface area contributed by atoms with Crippen LogP contribution in [-0.2, 0) is 13.0 Å². The van der Waals surface area contributed by atoms with E-state index in [0.717, 1.165) is 23.5 Å². The van der Waals surface area contributed by atoms with Crippen molar-refractivity contribution in [3.8, 4) is 5.75 Å². The first-order chi connectivity index (χ1) is 8.28. The molecule has 0 fully saturated rings. The van der Waals surface area contributed by atoms with E-state index in [2.05, 4.69) is 22.2 Å². The summed E-state index contributed by atoms with van der Waals surface area (Å²) in [6, 6.07) is 9.05. The average Bonchev–Trinajstić information content (AvgIpc) is 2.38. The van der Waals surface area contributed by atoms with Gasteiger partial charge in [-0.3, -0.25) is 0 Å². The summed E-state index contributed by atoms with van der Waals surface area (Å²) in [5.74, 6) is 1.11. The molecule has 0 saturated heterocycles. The smallest absolute Gasteiger partial charge is 0.129 e. The zero-order valence-electron chi connectivity index (χ0n) is 9.72. The molecule has 88 valence electrons. The van der Waals surface area contributed by atoms with Gasteiger partial charge >= 0.3 is 0 Å². The third kappa shape index (κ3) is 3.17. The molecule has 17 heavy (non-hydrogen) atoms. The van der Waals surface area contributed by atoms with Crippen molar-refractivity contribution >= 4 is 5.82 Å². The molecule has 0 spiro atoms. The fourth-order valence-electron chi connectivity index (χ4n) is 1.49. The maximum atomic E-state index is 9.17. The molecule has 0 amide bonds. The van der Waals surface area contributed by atoms with Crippen LogP contribution >= 0.6 is 0 Å². The van der Waals surface area contributed by atoms with Gasteiger partial charge in [-0.25, -0.2) is 9.97 Å². The van der Waals surface area contributed by atoms with Crippen molar-refractivity contribution in [1.82, 2.24) is 9.97 Å². The summed E-state index contributed by atoms with van der Waals surface area (Å²) in [5, 5.41) is 12.4. The molecule has 4 nitrogen and oxygen atoms in total. The molecule has 0 aliphatic carbocycles. The first-order valence-electron chi connectivity index (χ1n) is 5.60. The summed E-state index contributed by atoms with van der Waals surface area (Å²) in [5.41, 5.74) is 2.12. The highest BCUT2D eigenvalue weighted by atomic mass is 16.3. The Hall–Kier alpha value is -2.10. The van der Waals surface area contributed by atoms with Crippen molar-refractivity contribution in [1.29, 1.82) is 0 Å². The Kier molecular flexibility index (Phi) is 3.55. The molecule has 2 aromatic rings. The zero-order valence-corrected chi connectivity index (χ0v) is 9.72. The Morgan fingerprint density at radius 3 is 2.65 bits per heavy atom. The third-order valence-electron chi connectivity index (χ3n) is 2.50. The van der Waals surface area contributed by atoms with E-state index >= 15 is 0 Å². The molecule has 0 radical (unpaired) electrons. The largest absolute Gasteiger partial charge is 0.508 e. The number of aromatic hydroxyl groups is 1. The second-order valence-electron chi connectivity index (χ2n) is 3.77. The number of hydrogen-bond acceptors (Lipinski definition) is 4. The average molecular weight is 229 g/mol. The first-order valence-corrected chi connectivity index (χ1v) is 5.60. The van der Waals surface area contributed by atoms with Crippen molar-refractivity contribution in [3.05, 3.63) is 47.9 Å². The molecule has 2 rings (SSSR count). The molecule has 1 aromatic carbocycles. The maximum Gasteiger partial charge on any atom is 0.129 e. The fourth-order valence-corrected chi connectivity index (χ4v) is 1.49. The predicted molar refractivity (Wildman–Crippen MR) is 66.8 cm³/mol. The number of rotatable bonds is 4. The van der Waals surface area contributed by atoms with Crippen LogP contribution in [0.1, 0.15) is 18.2 Å². The molecule has 4 heteroatoms. The van der Waals surface area contributed by atoms with E-state index in [1.807, 2.05) is 18.2 Å². The van der Waals surface area contributed by atoms with E-state index in [9.17, 15) is 0 Å². The number of phenols is 1. The predicted octanol–water partition coefficient (Wildman–Crippen LogP) is 2.36. The van der Waals surface area contributed by atoms with Crippen LogP contribution in [0.5, 0.6) is 5.75 Å². The highest BCUT2D eigenvalue weighted by Gasteiger charge is 1.97. The molecule has 0 saturated carbocycles. The number of aryl methyl sites for hydroxylation is 1. The Morgan fingerprint density at radius 2 is 1.94 bits per heavy atom. The lowest BCUT2D eigenvalue weighted by molar-refractivity contribution is 0.475. The van der Waals surface area contributed by atoms with Crippen LogP contribution in [0.15, 0.2) is 36.7 Å². The number of nitrogens with zero attached hydrogens (tertiary/aromatic N) is 2. The molecule has 0 unspecified atom stereocenters. The normalized spacial score (nSPS) is 10.2.